The Balaban J connectivity index is 2.94. The van der Waals surface area contributed by atoms with Gasteiger partial charge in [0.25, 0.3) is 0 Å². The van der Waals surface area contributed by atoms with Gasteiger partial charge in [-0.1, -0.05) is 5.92 Å². The zero-order valence-corrected chi connectivity index (χ0v) is 7.39. The van der Waals surface area contributed by atoms with E-state index in [1.807, 2.05) is 19.9 Å². The van der Waals surface area contributed by atoms with Crippen molar-refractivity contribution in [2.75, 3.05) is 5.73 Å². The van der Waals surface area contributed by atoms with E-state index in [2.05, 4.69) is 16.8 Å². The minimum absolute atomic E-state index is 0.586. The summed E-state index contributed by atoms with van der Waals surface area (Å²) in [6.07, 6.45) is 2.45. The number of nitrogens with zero attached hydrogens (tertiary/aromatic N) is 1. The van der Waals surface area contributed by atoms with Crippen molar-refractivity contribution in [2.24, 2.45) is 0 Å². The van der Waals surface area contributed by atoms with Gasteiger partial charge in [0.05, 0.1) is 0 Å². The Hall–Kier alpha value is -1.49. The van der Waals surface area contributed by atoms with E-state index >= 15 is 0 Å². The molecule has 0 radical (unpaired) electrons. The van der Waals surface area contributed by atoms with E-state index in [9.17, 15) is 0 Å². The van der Waals surface area contributed by atoms with Crippen molar-refractivity contribution in [3.8, 4) is 11.8 Å². The van der Waals surface area contributed by atoms with Gasteiger partial charge in [0, 0.05) is 18.2 Å². The van der Waals surface area contributed by atoms with E-state index in [4.69, 9.17) is 5.73 Å². The van der Waals surface area contributed by atoms with Gasteiger partial charge < -0.3 is 5.73 Å². The summed E-state index contributed by atoms with van der Waals surface area (Å²) >= 11 is 0. The van der Waals surface area contributed by atoms with Gasteiger partial charge >= 0.3 is 0 Å². The highest BCUT2D eigenvalue weighted by Crippen LogP contribution is 2.09. The smallest absolute Gasteiger partial charge is 0.127 e. The lowest BCUT2D eigenvalue weighted by molar-refractivity contribution is 1.19. The van der Waals surface area contributed by atoms with Crippen molar-refractivity contribution < 1.29 is 0 Å². The Bertz CT molecular complexity index is 331. The van der Waals surface area contributed by atoms with Gasteiger partial charge in [0.1, 0.15) is 5.82 Å². The first-order valence-corrected chi connectivity index (χ1v) is 3.84. The van der Waals surface area contributed by atoms with Crippen LogP contribution in [0, 0.1) is 18.8 Å². The Morgan fingerprint density at radius 1 is 1.58 bits per heavy atom. The summed E-state index contributed by atoms with van der Waals surface area (Å²) in [5.74, 6) is 6.38. The number of nitrogen functional groups attached to an aromatic ring is 1. The fourth-order valence-electron chi connectivity index (χ4n) is 0.966. The third kappa shape index (κ3) is 2.00. The summed E-state index contributed by atoms with van der Waals surface area (Å²) < 4.78 is 0. The molecule has 0 spiro atoms. The molecule has 0 unspecified atom stereocenters. The standard InChI is InChI=1S/C10H12N2/c1-3-4-5-9-6-8(2)7-12-10(9)11/h6-7H,5H2,1-2H3,(H2,11,12). The van der Waals surface area contributed by atoms with E-state index in [1.165, 1.54) is 0 Å². The summed E-state index contributed by atoms with van der Waals surface area (Å²) in [4.78, 5) is 4.04. The van der Waals surface area contributed by atoms with Crippen molar-refractivity contribution in [3.05, 3.63) is 23.4 Å². The van der Waals surface area contributed by atoms with Crippen LogP contribution in [0.5, 0.6) is 0 Å². The number of anilines is 1. The molecule has 0 aliphatic rings. The molecule has 1 heterocycles. The number of rotatable bonds is 1. The van der Waals surface area contributed by atoms with Crippen molar-refractivity contribution in [1.82, 2.24) is 4.98 Å². The molecule has 0 saturated heterocycles. The fourth-order valence-corrected chi connectivity index (χ4v) is 0.966. The molecule has 0 bridgehead atoms. The number of hydrogen-bond acceptors (Lipinski definition) is 2. The predicted octanol–water partition coefficient (Wildman–Crippen LogP) is 1.54. The van der Waals surface area contributed by atoms with Crippen molar-refractivity contribution in [2.45, 2.75) is 20.3 Å². The Kier molecular flexibility index (Phi) is 2.71. The Labute approximate surface area is 72.8 Å². The van der Waals surface area contributed by atoms with Gasteiger partial charge in [-0.2, -0.15) is 0 Å². The van der Waals surface area contributed by atoms with Crippen LogP contribution in [0.4, 0.5) is 5.82 Å². The summed E-state index contributed by atoms with van der Waals surface area (Å²) in [6.45, 7) is 3.81. The van der Waals surface area contributed by atoms with Gasteiger partial charge in [0.2, 0.25) is 0 Å². The van der Waals surface area contributed by atoms with Crippen LogP contribution in [0.15, 0.2) is 12.3 Å². The number of pyridine rings is 1. The van der Waals surface area contributed by atoms with Gasteiger partial charge in [-0.25, -0.2) is 4.98 Å². The fraction of sp³-hybridized carbons (Fsp3) is 0.300. The molecule has 0 aromatic carbocycles. The lowest BCUT2D eigenvalue weighted by Crippen LogP contribution is -1.97. The van der Waals surface area contributed by atoms with E-state index in [0.29, 0.717) is 12.2 Å². The molecule has 2 N–H and O–H groups in total. The SMILES string of the molecule is CC#CCc1cc(C)cnc1N. The summed E-state index contributed by atoms with van der Waals surface area (Å²) in [7, 11) is 0. The highest BCUT2D eigenvalue weighted by Gasteiger charge is 1.97. The minimum Gasteiger partial charge on any atom is -0.383 e. The molecular weight excluding hydrogens is 148 g/mol. The molecule has 0 saturated carbocycles. The number of aromatic nitrogens is 1. The highest BCUT2D eigenvalue weighted by atomic mass is 14.8. The van der Waals surface area contributed by atoms with Crippen LogP contribution in [0.3, 0.4) is 0 Å². The predicted molar refractivity (Wildman–Crippen MR) is 50.5 cm³/mol. The van der Waals surface area contributed by atoms with Gasteiger partial charge in [-0.05, 0) is 25.5 Å². The van der Waals surface area contributed by atoms with Crippen LogP contribution < -0.4 is 5.73 Å². The second-order valence-corrected chi connectivity index (χ2v) is 2.66. The minimum atomic E-state index is 0.586. The third-order valence-corrected chi connectivity index (χ3v) is 1.59. The highest BCUT2D eigenvalue weighted by molar-refractivity contribution is 5.42. The molecule has 0 aliphatic heterocycles. The molecule has 1 aromatic rings. The number of nitrogens with two attached hydrogens (primary N) is 1. The van der Waals surface area contributed by atoms with E-state index < -0.39 is 0 Å². The normalized spacial score (nSPS) is 8.83. The van der Waals surface area contributed by atoms with Gasteiger partial charge in [-0.3, -0.25) is 0 Å². The number of hydrogen-bond donors (Lipinski definition) is 1. The molecule has 2 nitrogen and oxygen atoms in total. The first kappa shape index (κ1) is 8.61. The second kappa shape index (κ2) is 3.77. The van der Waals surface area contributed by atoms with E-state index in [0.717, 1.165) is 11.1 Å². The quantitative estimate of drug-likeness (QED) is 0.633. The number of aryl methyl sites for hydroxylation is 1. The first-order valence-electron chi connectivity index (χ1n) is 3.84. The maximum Gasteiger partial charge on any atom is 0.127 e. The molecule has 0 amide bonds. The summed E-state index contributed by atoms with van der Waals surface area (Å²) in [6, 6.07) is 2.02. The molecule has 2 heteroatoms. The molecule has 1 rings (SSSR count). The zero-order chi connectivity index (χ0) is 8.97. The van der Waals surface area contributed by atoms with Crippen LogP contribution >= 0.6 is 0 Å². The molecule has 0 fully saturated rings. The van der Waals surface area contributed by atoms with Crippen molar-refractivity contribution >= 4 is 5.82 Å². The van der Waals surface area contributed by atoms with Crippen LogP contribution in [-0.4, -0.2) is 4.98 Å². The van der Waals surface area contributed by atoms with Crippen LogP contribution in [0.1, 0.15) is 18.1 Å². The maximum atomic E-state index is 5.65. The lowest BCUT2D eigenvalue weighted by Gasteiger charge is -2.00. The Morgan fingerprint density at radius 2 is 2.33 bits per heavy atom. The molecule has 12 heavy (non-hydrogen) atoms. The van der Waals surface area contributed by atoms with Crippen LogP contribution in [0.2, 0.25) is 0 Å². The van der Waals surface area contributed by atoms with E-state index in [-0.39, 0.29) is 0 Å². The van der Waals surface area contributed by atoms with Gasteiger partial charge in [0.15, 0.2) is 0 Å². The van der Waals surface area contributed by atoms with Gasteiger partial charge in [-0.15, -0.1) is 5.92 Å². The molecule has 1 aromatic heterocycles. The third-order valence-electron chi connectivity index (χ3n) is 1.59. The van der Waals surface area contributed by atoms with Crippen LogP contribution in [-0.2, 0) is 6.42 Å². The monoisotopic (exact) mass is 160 g/mol. The second-order valence-electron chi connectivity index (χ2n) is 2.66. The van der Waals surface area contributed by atoms with Crippen LogP contribution in [0.25, 0.3) is 0 Å². The first-order chi connectivity index (χ1) is 5.74. The molecular formula is C10H12N2. The molecule has 62 valence electrons. The Morgan fingerprint density at radius 3 is 3.00 bits per heavy atom. The molecule has 0 atom stereocenters. The summed E-state index contributed by atoms with van der Waals surface area (Å²) in [5.41, 5.74) is 7.79. The average Bonchev–Trinajstić information content (AvgIpc) is 2.07. The average molecular weight is 160 g/mol. The zero-order valence-electron chi connectivity index (χ0n) is 7.39. The lowest BCUT2D eigenvalue weighted by atomic mass is 10.1. The molecule has 0 aliphatic carbocycles. The van der Waals surface area contributed by atoms with E-state index in [1.54, 1.807) is 6.20 Å². The van der Waals surface area contributed by atoms with Crippen molar-refractivity contribution in [1.29, 1.82) is 0 Å². The largest absolute Gasteiger partial charge is 0.383 e. The maximum absolute atomic E-state index is 5.65. The summed E-state index contributed by atoms with van der Waals surface area (Å²) in [5, 5.41) is 0. The van der Waals surface area contributed by atoms with Crippen molar-refractivity contribution in [3.63, 3.8) is 0 Å². The topological polar surface area (TPSA) is 38.9 Å².